The second-order valence-electron chi connectivity index (χ2n) is 4.64. The Morgan fingerprint density at radius 1 is 1.62 bits per heavy atom. The molecule has 0 saturated carbocycles. The van der Waals surface area contributed by atoms with Crippen molar-refractivity contribution in [1.29, 1.82) is 0 Å². The first-order valence-corrected chi connectivity index (χ1v) is 4.77. The van der Waals surface area contributed by atoms with Gasteiger partial charge in [-0.1, -0.05) is 32.4 Å². The maximum absolute atomic E-state index is 11.1. The molecule has 0 fully saturated rings. The molecule has 0 spiro atoms. The lowest BCUT2D eigenvalue weighted by atomic mass is 9.64. The first-order valence-electron chi connectivity index (χ1n) is 4.77. The van der Waals surface area contributed by atoms with Gasteiger partial charge in [0.1, 0.15) is 0 Å². The monoisotopic (exact) mass is 182 g/mol. The molecule has 0 aliphatic heterocycles. The molecule has 0 amide bonds. The molecule has 2 heteroatoms. The van der Waals surface area contributed by atoms with Crippen molar-refractivity contribution in [3.8, 4) is 0 Å². The SMILES string of the molecule is CC1=CCC(C)C(C(=O)O)C1(C)C. The lowest BCUT2D eigenvalue weighted by molar-refractivity contribution is -0.147. The fourth-order valence-electron chi connectivity index (χ4n) is 2.27. The van der Waals surface area contributed by atoms with Crippen molar-refractivity contribution in [2.45, 2.75) is 34.1 Å². The topological polar surface area (TPSA) is 37.3 Å². The average Bonchev–Trinajstić information content (AvgIpc) is 1.96. The summed E-state index contributed by atoms with van der Waals surface area (Å²) in [5, 5.41) is 9.13. The number of hydrogen-bond donors (Lipinski definition) is 1. The fraction of sp³-hybridized carbons (Fsp3) is 0.727. The third-order valence-corrected chi connectivity index (χ3v) is 3.42. The Morgan fingerprint density at radius 3 is 2.54 bits per heavy atom. The third-order valence-electron chi connectivity index (χ3n) is 3.42. The predicted molar refractivity (Wildman–Crippen MR) is 52.4 cm³/mol. The van der Waals surface area contributed by atoms with Crippen molar-refractivity contribution in [1.82, 2.24) is 0 Å². The van der Waals surface area contributed by atoms with Crippen LogP contribution in [0, 0.1) is 17.3 Å². The molecule has 13 heavy (non-hydrogen) atoms. The molecule has 0 aromatic carbocycles. The van der Waals surface area contributed by atoms with E-state index >= 15 is 0 Å². The molecular weight excluding hydrogens is 164 g/mol. The highest BCUT2D eigenvalue weighted by molar-refractivity contribution is 5.72. The Labute approximate surface area is 79.6 Å². The molecule has 0 saturated heterocycles. The van der Waals surface area contributed by atoms with Gasteiger partial charge in [-0.15, -0.1) is 0 Å². The van der Waals surface area contributed by atoms with E-state index in [1.165, 1.54) is 5.57 Å². The first-order chi connectivity index (χ1) is 5.87. The van der Waals surface area contributed by atoms with E-state index in [2.05, 4.69) is 6.08 Å². The minimum absolute atomic E-state index is 0.191. The second-order valence-corrected chi connectivity index (χ2v) is 4.64. The summed E-state index contributed by atoms with van der Waals surface area (Å²) in [6.07, 6.45) is 3.07. The molecule has 0 radical (unpaired) electrons. The van der Waals surface area contributed by atoms with Crippen molar-refractivity contribution < 1.29 is 9.90 Å². The summed E-state index contributed by atoms with van der Waals surface area (Å²) in [6.45, 7) is 8.09. The lowest BCUT2D eigenvalue weighted by Crippen LogP contribution is -2.39. The summed E-state index contributed by atoms with van der Waals surface area (Å²) in [6, 6.07) is 0. The maximum atomic E-state index is 11.1. The van der Waals surface area contributed by atoms with Crippen molar-refractivity contribution in [2.75, 3.05) is 0 Å². The molecule has 0 aromatic heterocycles. The number of allylic oxidation sites excluding steroid dienone is 2. The van der Waals surface area contributed by atoms with Gasteiger partial charge in [0.05, 0.1) is 5.92 Å². The van der Waals surface area contributed by atoms with Crippen LogP contribution in [-0.4, -0.2) is 11.1 Å². The van der Waals surface area contributed by atoms with E-state index < -0.39 is 5.97 Å². The van der Waals surface area contributed by atoms with E-state index in [9.17, 15) is 4.79 Å². The van der Waals surface area contributed by atoms with Crippen LogP contribution in [0.3, 0.4) is 0 Å². The highest BCUT2D eigenvalue weighted by Crippen LogP contribution is 2.44. The number of rotatable bonds is 1. The number of carbonyl (C=O) groups is 1. The van der Waals surface area contributed by atoms with E-state index in [4.69, 9.17) is 5.11 Å². The highest BCUT2D eigenvalue weighted by atomic mass is 16.4. The van der Waals surface area contributed by atoms with Crippen LogP contribution in [0.25, 0.3) is 0 Å². The van der Waals surface area contributed by atoms with Crippen LogP contribution in [0.15, 0.2) is 11.6 Å². The van der Waals surface area contributed by atoms with Crippen LogP contribution < -0.4 is 0 Å². The normalized spacial score (nSPS) is 32.5. The Bertz CT molecular complexity index is 251. The molecule has 1 rings (SSSR count). The van der Waals surface area contributed by atoms with E-state index in [0.717, 1.165) is 6.42 Å². The molecule has 2 unspecified atom stereocenters. The van der Waals surface area contributed by atoms with E-state index in [0.29, 0.717) is 0 Å². The minimum atomic E-state index is -0.662. The zero-order valence-corrected chi connectivity index (χ0v) is 8.79. The van der Waals surface area contributed by atoms with Crippen molar-refractivity contribution in [3.05, 3.63) is 11.6 Å². The smallest absolute Gasteiger partial charge is 0.307 e. The predicted octanol–water partition coefficient (Wildman–Crippen LogP) is 2.70. The Kier molecular flexibility index (Phi) is 2.51. The molecule has 0 bridgehead atoms. The number of carboxylic acid groups (broad SMARTS) is 1. The van der Waals surface area contributed by atoms with Gasteiger partial charge in [-0.25, -0.2) is 0 Å². The summed E-state index contributed by atoms with van der Waals surface area (Å²) in [5.74, 6) is -0.654. The van der Waals surface area contributed by atoms with Gasteiger partial charge in [-0.05, 0) is 24.7 Å². The second kappa shape index (κ2) is 3.17. The van der Waals surface area contributed by atoms with Crippen molar-refractivity contribution >= 4 is 5.97 Å². The van der Waals surface area contributed by atoms with Gasteiger partial charge >= 0.3 is 5.97 Å². The van der Waals surface area contributed by atoms with Gasteiger partial charge in [-0.2, -0.15) is 0 Å². The summed E-state index contributed by atoms with van der Waals surface area (Å²) < 4.78 is 0. The Morgan fingerprint density at radius 2 is 2.15 bits per heavy atom. The number of aliphatic carboxylic acids is 1. The quantitative estimate of drug-likeness (QED) is 0.633. The number of hydrogen-bond acceptors (Lipinski definition) is 1. The van der Waals surface area contributed by atoms with Gasteiger partial charge in [-0.3, -0.25) is 4.79 Å². The molecule has 0 heterocycles. The van der Waals surface area contributed by atoms with E-state index in [1.807, 2.05) is 27.7 Å². The minimum Gasteiger partial charge on any atom is -0.481 e. The Balaban J connectivity index is 3.05. The molecular formula is C11H18O2. The van der Waals surface area contributed by atoms with E-state index in [-0.39, 0.29) is 17.3 Å². The van der Waals surface area contributed by atoms with Crippen LogP contribution in [0.2, 0.25) is 0 Å². The van der Waals surface area contributed by atoms with E-state index in [1.54, 1.807) is 0 Å². The maximum Gasteiger partial charge on any atom is 0.307 e. The molecule has 1 N–H and O–H groups in total. The van der Waals surface area contributed by atoms with Gasteiger partial charge in [0.15, 0.2) is 0 Å². The molecule has 0 aromatic rings. The summed E-state index contributed by atoms with van der Waals surface area (Å²) >= 11 is 0. The molecule has 2 atom stereocenters. The summed E-state index contributed by atoms with van der Waals surface area (Å²) in [7, 11) is 0. The van der Waals surface area contributed by atoms with Crippen LogP contribution >= 0.6 is 0 Å². The highest BCUT2D eigenvalue weighted by Gasteiger charge is 2.42. The van der Waals surface area contributed by atoms with Gasteiger partial charge < -0.3 is 5.11 Å². The van der Waals surface area contributed by atoms with Crippen LogP contribution in [0.5, 0.6) is 0 Å². The molecule has 1 aliphatic rings. The summed E-state index contributed by atoms with van der Waals surface area (Å²) in [5.41, 5.74) is 1.02. The third kappa shape index (κ3) is 1.62. The van der Waals surface area contributed by atoms with Crippen molar-refractivity contribution in [2.24, 2.45) is 17.3 Å². The van der Waals surface area contributed by atoms with Crippen LogP contribution in [0.1, 0.15) is 34.1 Å². The molecule has 2 nitrogen and oxygen atoms in total. The van der Waals surface area contributed by atoms with Crippen molar-refractivity contribution in [3.63, 3.8) is 0 Å². The zero-order valence-electron chi connectivity index (χ0n) is 8.79. The largest absolute Gasteiger partial charge is 0.481 e. The lowest BCUT2D eigenvalue weighted by Gasteiger charge is -2.39. The fourth-order valence-corrected chi connectivity index (χ4v) is 2.27. The van der Waals surface area contributed by atoms with Crippen LogP contribution in [0.4, 0.5) is 0 Å². The Hall–Kier alpha value is -0.790. The molecule has 74 valence electrons. The van der Waals surface area contributed by atoms with Crippen LogP contribution in [-0.2, 0) is 4.79 Å². The number of carboxylic acids is 1. The standard InChI is InChI=1S/C11H18O2/c1-7-5-6-8(2)11(3,4)9(7)10(12)13/h6-7,9H,5H2,1-4H3,(H,12,13). The summed E-state index contributed by atoms with van der Waals surface area (Å²) in [4.78, 5) is 11.1. The van der Waals surface area contributed by atoms with Gasteiger partial charge in [0.25, 0.3) is 0 Å². The van der Waals surface area contributed by atoms with Gasteiger partial charge in [0.2, 0.25) is 0 Å². The zero-order chi connectivity index (χ0) is 10.2. The molecule has 1 aliphatic carbocycles. The first kappa shape index (κ1) is 10.3. The van der Waals surface area contributed by atoms with Gasteiger partial charge in [0, 0.05) is 0 Å². The average molecular weight is 182 g/mol.